The van der Waals surface area contributed by atoms with Crippen LogP contribution in [0.2, 0.25) is 0 Å². The molecule has 0 radical (unpaired) electrons. The molecular formula is C11H23NO2. The summed E-state index contributed by atoms with van der Waals surface area (Å²) in [5.41, 5.74) is 0. The molecule has 0 aliphatic rings. The molecule has 0 rings (SSSR count). The number of hydrogen-bond acceptors (Lipinski definition) is 2. The Balaban J connectivity index is 4.83. The van der Waals surface area contributed by atoms with Gasteiger partial charge >= 0.3 is 5.97 Å². The summed E-state index contributed by atoms with van der Waals surface area (Å²) in [6.45, 7) is 8.08. The molecule has 0 aromatic carbocycles. The predicted octanol–water partition coefficient (Wildman–Crippen LogP) is 1.93. The monoisotopic (exact) mass is 201 g/mol. The first kappa shape index (κ1) is 13.4. The van der Waals surface area contributed by atoms with E-state index in [0.717, 1.165) is 0 Å². The van der Waals surface area contributed by atoms with Crippen molar-refractivity contribution in [2.45, 2.75) is 33.7 Å². The van der Waals surface area contributed by atoms with Crippen LogP contribution < -0.4 is 0 Å². The second-order valence-corrected chi connectivity index (χ2v) is 4.81. The zero-order valence-corrected chi connectivity index (χ0v) is 10.1. The quantitative estimate of drug-likeness (QED) is 0.739. The molecule has 3 nitrogen and oxygen atoms in total. The fraction of sp³-hybridized carbons (Fsp3) is 0.909. The minimum atomic E-state index is -0.688. The van der Waals surface area contributed by atoms with Crippen molar-refractivity contribution in [3.8, 4) is 0 Å². The van der Waals surface area contributed by atoms with E-state index in [4.69, 9.17) is 0 Å². The van der Waals surface area contributed by atoms with Crippen LogP contribution in [0.5, 0.6) is 0 Å². The summed E-state index contributed by atoms with van der Waals surface area (Å²) in [7, 11) is 3.89. The van der Waals surface area contributed by atoms with Crippen LogP contribution in [-0.4, -0.2) is 36.1 Å². The molecule has 0 amide bonds. The first-order chi connectivity index (χ1) is 6.29. The van der Waals surface area contributed by atoms with Gasteiger partial charge in [0, 0.05) is 6.04 Å². The summed E-state index contributed by atoms with van der Waals surface area (Å²) in [6.07, 6.45) is 0. The maximum atomic E-state index is 11.2. The number of hydrogen-bond donors (Lipinski definition) is 1. The van der Waals surface area contributed by atoms with E-state index in [1.165, 1.54) is 0 Å². The molecule has 0 aromatic heterocycles. The average molecular weight is 201 g/mol. The summed E-state index contributed by atoms with van der Waals surface area (Å²) in [6, 6.07) is 0.104. The summed E-state index contributed by atoms with van der Waals surface area (Å²) in [5, 5.41) is 9.19. The first-order valence-electron chi connectivity index (χ1n) is 5.18. The lowest BCUT2D eigenvalue weighted by Crippen LogP contribution is -2.45. The van der Waals surface area contributed by atoms with E-state index in [2.05, 4.69) is 13.8 Å². The summed E-state index contributed by atoms with van der Waals surface area (Å²) >= 11 is 0. The molecule has 2 unspecified atom stereocenters. The lowest BCUT2D eigenvalue weighted by Gasteiger charge is -2.35. The highest BCUT2D eigenvalue weighted by molar-refractivity contribution is 5.71. The Kier molecular flexibility index (Phi) is 5.13. The third-order valence-corrected chi connectivity index (χ3v) is 2.65. The molecule has 0 aliphatic heterocycles. The molecule has 0 bridgehead atoms. The summed E-state index contributed by atoms with van der Waals surface area (Å²) in [4.78, 5) is 13.2. The Hall–Kier alpha value is -0.570. The normalized spacial score (nSPS) is 16.4. The molecule has 84 valence electrons. The zero-order valence-electron chi connectivity index (χ0n) is 10.1. The van der Waals surface area contributed by atoms with Gasteiger partial charge in [0.15, 0.2) is 0 Å². The van der Waals surface area contributed by atoms with Crippen LogP contribution in [0.25, 0.3) is 0 Å². The highest BCUT2D eigenvalue weighted by Gasteiger charge is 2.34. The van der Waals surface area contributed by atoms with Crippen LogP contribution in [0.4, 0.5) is 0 Å². The number of rotatable bonds is 5. The number of carbonyl (C=O) groups is 1. The van der Waals surface area contributed by atoms with Gasteiger partial charge in [-0.3, -0.25) is 4.79 Å². The number of carboxylic acid groups (broad SMARTS) is 1. The van der Waals surface area contributed by atoms with Crippen molar-refractivity contribution in [1.29, 1.82) is 0 Å². The molecule has 0 aliphatic carbocycles. The van der Waals surface area contributed by atoms with Crippen LogP contribution in [0.1, 0.15) is 27.7 Å². The lowest BCUT2D eigenvalue weighted by molar-refractivity contribution is -0.146. The van der Waals surface area contributed by atoms with Gasteiger partial charge in [0.1, 0.15) is 0 Å². The molecular weight excluding hydrogens is 178 g/mol. The van der Waals surface area contributed by atoms with Gasteiger partial charge in [0.2, 0.25) is 0 Å². The molecule has 0 saturated carbocycles. The van der Waals surface area contributed by atoms with Gasteiger partial charge in [-0.15, -0.1) is 0 Å². The topological polar surface area (TPSA) is 40.5 Å². The molecule has 3 heteroatoms. The van der Waals surface area contributed by atoms with Crippen LogP contribution in [-0.2, 0) is 4.79 Å². The standard InChI is InChI=1S/C11H23NO2/c1-7(2)9(11(13)14)10(8(3)4)12(5)6/h7-10H,1-6H3,(H,13,14). The Labute approximate surface area is 87.1 Å². The van der Waals surface area contributed by atoms with Crippen molar-refractivity contribution in [3.63, 3.8) is 0 Å². The SMILES string of the molecule is CC(C)C(C(=O)O)C(C(C)C)N(C)C. The molecule has 2 atom stereocenters. The summed E-state index contributed by atoms with van der Waals surface area (Å²) < 4.78 is 0. The molecule has 14 heavy (non-hydrogen) atoms. The molecule has 0 heterocycles. The van der Waals surface area contributed by atoms with E-state index in [9.17, 15) is 9.90 Å². The minimum absolute atomic E-state index is 0.104. The van der Waals surface area contributed by atoms with E-state index in [1.54, 1.807) is 0 Å². The van der Waals surface area contributed by atoms with Gasteiger partial charge < -0.3 is 10.0 Å². The maximum absolute atomic E-state index is 11.2. The van der Waals surface area contributed by atoms with Crippen molar-refractivity contribution in [2.24, 2.45) is 17.8 Å². The second-order valence-electron chi connectivity index (χ2n) is 4.81. The van der Waals surface area contributed by atoms with Crippen LogP contribution >= 0.6 is 0 Å². The Morgan fingerprint density at radius 1 is 1.07 bits per heavy atom. The van der Waals surface area contributed by atoms with E-state index >= 15 is 0 Å². The van der Waals surface area contributed by atoms with Gasteiger partial charge in [0.25, 0.3) is 0 Å². The zero-order chi connectivity index (χ0) is 11.5. The fourth-order valence-electron chi connectivity index (χ4n) is 2.16. The van der Waals surface area contributed by atoms with Gasteiger partial charge in [0.05, 0.1) is 5.92 Å². The smallest absolute Gasteiger partial charge is 0.308 e. The minimum Gasteiger partial charge on any atom is -0.481 e. The van der Waals surface area contributed by atoms with Crippen LogP contribution in [0.3, 0.4) is 0 Å². The van der Waals surface area contributed by atoms with Crippen molar-refractivity contribution < 1.29 is 9.90 Å². The van der Waals surface area contributed by atoms with Gasteiger partial charge in [-0.2, -0.15) is 0 Å². The Morgan fingerprint density at radius 2 is 1.50 bits per heavy atom. The molecule has 0 fully saturated rings. The highest BCUT2D eigenvalue weighted by atomic mass is 16.4. The molecule has 0 spiro atoms. The van der Waals surface area contributed by atoms with Gasteiger partial charge in [-0.1, -0.05) is 27.7 Å². The average Bonchev–Trinajstić information content (AvgIpc) is 1.96. The third-order valence-electron chi connectivity index (χ3n) is 2.65. The van der Waals surface area contributed by atoms with Gasteiger partial charge in [-0.05, 0) is 25.9 Å². The number of nitrogens with zero attached hydrogens (tertiary/aromatic N) is 1. The lowest BCUT2D eigenvalue weighted by atomic mass is 9.82. The maximum Gasteiger partial charge on any atom is 0.308 e. The van der Waals surface area contributed by atoms with Crippen molar-refractivity contribution in [1.82, 2.24) is 4.90 Å². The van der Waals surface area contributed by atoms with Crippen LogP contribution in [0.15, 0.2) is 0 Å². The molecule has 1 N–H and O–H groups in total. The fourth-order valence-corrected chi connectivity index (χ4v) is 2.16. The number of carboxylic acids is 1. The number of aliphatic carboxylic acids is 1. The highest BCUT2D eigenvalue weighted by Crippen LogP contribution is 2.24. The van der Waals surface area contributed by atoms with E-state index in [1.807, 2.05) is 32.8 Å². The summed E-state index contributed by atoms with van der Waals surface area (Å²) in [5.74, 6) is -0.451. The van der Waals surface area contributed by atoms with E-state index in [-0.39, 0.29) is 17.9 Å². The first-order valence-corrected chi connectivity index (χ1v) is 5.18. The Bertz CT molecular complexity index is 180. The molecule has 0 aromatic rings. The van der Waals surface area contributed by atoms with Crippen molar-refractivity contribution in [2.75, 3.05) is 14.1 Å². The van der Waals surface area contributed by atoms with E-state index in [0.29, 0.717) is 5.92 Å². The third kappa shape index (κ3) is 3.29. The second kappa shape index (κ2) is 5.35. The van der Waals surface area contributed by atoms with Crippen molar-refractivity contribution >= 4 is 5.97 Å². The Morgan fingerprint density at radius 3 is 1.57 bits per heavy atom. The largest absolute Gasteiger partial charge is 0.481 e. The van der Waals surface area contributed by atoms with E-state index < -0.39 is 5.97 Å². The van der Waals surface area contributed by atoms with Gasteiger partial charge in [-0.25, -0.2) is 0 Å². The molecule has 0 saturated heterocycles. The predicted molar refractivity (Wildman–Crippen MR) is 58.3 cm³/mol. The van der Waals surface area contributed by atoms with Crippen molar-refractivity contribution in [3.05, 3.63) is 0 Å². The van der Waals surface area contributed by atoms with Crippen LogP contribution in [0, 0.1) is 17.8 Å².